The van der Waals surface area contributed by atoms with Crippen molar-refractivity contribution < 1.29 is 80.2 Å². The van der Waals surface area contributed by atoms with E-state index in [1.165, 1.54) is 231 Å². The molecule has 0 aliphatic carbocycles. The number of phosphoric acid groups is 2. The fourth-order valence-electron chi connectivity index (χ4n) is 12.2. The van der Waals surface area contributed by atoms with Crippen LogP contribution in [-0.4, -0.2) is 96.7 Å². The van der Waals surface area contributed by atoms with E-state index in [-0.39, 0.29) is 25.7 Å². The Morgan fingerprint density at radius 2 is 0.469 bits per heavy atom. The Hall–Kier alpha value is -1.94. The van der Waals surface area contributed by atoms with Gasteiger partial charge >= 0.3 is 39.5 Å². The molecule has 17 nitrogen and oxygen atoms in total. The maximum atomic E-state index is 13.1. The second-order valence-corrected chi connectivity index (χ2v) is 31.8. The third kappa shape index (κ3) is 72.4. The lowest BCUT2D eigenvalue weighted by Crippen LogP contribution is -2.30. The number of aliphatic hydroxyl groups is 1. The topological polar surface area (TPSA) is 237 Å². The van der Waals surface area contributed by atoms with Gasteiger partial charge in [0.25, 0.3) is 0 Å². The van der Waals surface area contributed by atoms with E-state index in [4.69, 9.17) is 37.0 Å². The molecule has 0 aromatic carbocycles. The summed E-state index contributed by atoms with van der Waals surface area (Å²) in [6.45, 7) is 7.31. The molecule has 0 radical (unpaired) electrons. The zero-order valence-corrected chi connectivity index (χ0v) is 65.7. The molecule has 0 saturated carbocycles. The molecule has 582 valence electrons. The van der Waals surface area contributed by atoms with E-state index in [1.807, 2.05) is 0 Å². The van der Waals surface area contributed by atoms with Crippen LogP contribution in [0.1, 0.15) is 420 Å². The van der Waals surface area contributed by atoms with Crippen LogP contribution >= 0.6 is 15.6 Å². The van der Waals surface area contributed by atoms with Crippen molar-refractivity contribution in [1.82, 2.24) is 0 Å². The molecular formula is C79H154O17P2. The van der Waals surface area contributed by atoms with Crippen LogP contribution in [0.4, 0.5) is 0 Å². The van der Waals surface area contributed by atoms with Crippen molar-refractivity contribution in [3.05, 3.63) is 0 Å². The van der Waals surface area contributed by atoms with Gasteiger partial charge < -0.3 is 33.8 Å². The zero-order valence-electron chi connectivity index (χ0n) is 63.9. The van der Waals surface area contributed by atoms with Crippen LogP contribution in [-0.2, 0) is 65.4 Å². The van der Waals surface area contributed by atoms with Crippen LogP contribution in [0, 0.1) is 5.92 Å². The van der Waals surface area contributed by atoms with Gasteiger partial charge in [-0.1, -0.05) is 369 Å². The summed E-state index contributed by atoms with van der Waals surface area (Å²) < 4.78 is 68.5. The molecular weight excluding hydrogens is 1280 g/mol. The number of carbonyl (C=O) groups excluding carboxylic acids is 4. The number of carbonyl (C=O) groups is 4. The Morgan fingerprint density at radius 3 is 0.694 bits per heavy atom. The van der Waals surface area contributed by atoms with Crippen LogP contribution in [0.2, 0.25) is 0 Å². The average molecular weight is 1440 g/mol. The van der Waals surface area contributed by atoms with E-state index in [0.29, 0.717) is 25.7 Å². The first-order chi connectivity index (χ1) is 47.5. The smallest absolute Gasteiger partial charge is 0.462 e. The molecule has 5 atom stereocenters. The highest BCUT2D eigenvalue weighted by molar-refractivity contribution is 7.47. The molecule has 0 spiro atoms. The Balaban J connectivity index is 5.17. The highest BCUT2D eigenvalue weighted by Gasteiger charge is 2.30. The summed E-state index contributed by atoms with van der Waals surface area (Å²) in [6, 6.07) is 0. The van der Waals surface area contributed by atoms with Crippen LogP contribution in [0.15, 0.2) is 0 Å². The average Bonchev–Trinajstić information content (AvgIpc) is 1.06. The number of unbranched alkanes of at least 4 members (excludes halogenated alkanes) is 51. The molecule has 0 aromatic heterocycles. The minimum Gasteiger partial charge on any atom is -0.462 e. The van der Waals surface area contributed by atoms with Gasteiger partial charge in [0.05, 0.1) is 26.4 Å². The van der Waals surface area contributed by atoms with E-state index in [1.54, 1.807) is 0 Å². The molecule has 2 unspecified atom stereocenters. The molecule has 0 rings (SSSR count). The van der Waals surface area contributed by atoms with Crippen molar-refractivity contribution in [2.45, 2.75) is 438 Å². The van der Waals surface area contributed by atoms with E-state index in [9.17, 15) is 43.2 Å². The minimum absolute atomic E-state index is 0.108. The van der Waals surface area contributed by atoms with Crippen molar-refractivity contribution >= 4 is 39.5 Å². The third-order valence-corrected chi connectivity index (χ3v) is 20.4. The van der Waals surface area contributed by atoms with Gasteiger partial charge in [0.1, 0.15) is 19.3 Å². The van der Waals surface area contributed by atoms with E-state index in [2.05, 4.69) is 34.6 Å². The lowest BCUT2D eigenvalue weighted by atomic mass is 10.0. The first kappa shape index (κ1) is 96.1. The predicted octanol–water partition coefficient (Wildman–Crippen LogP) is 23.6. The molecule has 19 heteroatoms. The maximum absolute atomic E-state index is 13.1. The summed E-state index contributed by atoms with van der Waals surface area (Å²) in [4.78, 5) is 72.8. The largest absolute Gasteiger partial charge is 0.472 e. The number of ether oxygens (including phenoxy) is 4. The summed E-state index contributed by atoms with van der Waals surface area (Å²) in [5.74, 6) is -1.29. The molecule has 0 heterocycles. The molecule has 3 N–H and O–H groups in total. The maximum Gasteiger partial charge on any atom is 0.472 e. The fourth-order valence-corrected chi connectivity index (χ4v) is 13.8. The van der Waals surface area contributed by atoms with Crippen molar-refractivity contribution in [2.24, 2.45) is 5.92 Å². The van der Waals surface area contributed by atoms with Crippen LogP contribution in [0.3, 0.4) is 0 Å². The molecule has 0 saturated heterocycles. The molecule has 0 aromatic rings. The highest BCUT2D eigenvalue weighted by atomic mass is 31.2. The first-order valence-corrected chi connectivity index (χ1v) is 44.1. The van der Waals surface area contributed by atoms with Gasteiger partial charge in [-0.25, -0.2) is 9.13 Å². The number of hydrogen-bond donors (Lipinski definition) is 3. The second kappa shape index (κ2) is 72.0. The van der Waals surface area contributed by atoms with Gasteiger partial charge in [-0.05, 0) is 31.6 Å². The Morgan fingerprint density at radius 1 is 0.276 bits per heavy atom. The SMILES string of the molecule is CCCCCCCCCCCCCCCCCCCC(=O)OC[C@H](COP(=O)(O)OC[C@@H](O)COP(=O)(O)OC[C@@H](COC(=O)CCCCCCCCC)OC(=O)CCCCCCCCCCCCCCC)OC(=O)CCCCCCCCCCCCCCCCCCCCC(C)C. The Bertz CT molecular complexity index is 1870. The summed E-state index contributed by atoms with van der Waals surface area (Å²) in [5, 5.41) is 10.6. The fraction of sp³-hybridized carbons (Fsp3) is 0.949. The van der Waals surface area contributed by atoms with Crippen molar-refractivity contribution in [3.63, 3.8) is 0 Å². The van der Waals surface area contributed by atoms with Crippen molar-refractivity contribution in [1.29, 1.82) is 0 Å². The van der Waals surface area contributed by atoms with Gasteiger partial charge in [-0.3, -0.25) is 37.3 Å². The van der Waals surface area contributed by atoms with Gasteiger partial charge in [0.2, 0.25) is 0 Å². The summed E-state index contributed by atoms with van der Waals surface area (Å²) >= 11 is 0. The van der Waals surface area contributed by atoms with Crippen molar-refractivity contribution in [3.8, 4) is 0 Å². The summed E-state index contributed by atoms with van der Waals surface area (Å²) in [6.07, 6.45) is 62.6. The first-order valence-electron chi connectivity index (χ1n) is 41.1. The lowest BCUT2D eigenvalue weighted by molar-refractivity contribution is -0.161. The normalized spacial score (nSPS) is 13.9. The second-order valence-electron chi connectivity index (χ2n) is 28.9. The molecule has 0 amide bonds. The lowest BCUT2D eigenvalue weighted by Gasteiger charge is -2.21. The number of esters is 4. The highest BCUT2D eigenvalue weighted by Crippen LogP contribution is 2.45. The number of rotatable bonds is 79. The van der Waals surface area contributed by atoms with Gasteiger partial charge in [0, 0.05) is 25.7 Å². The standard InChI is InChI=1S/C79H154O17P2/c1-6-9-12-15-18-20-22-24-25-28-32-36-39-43-48-53-58-63-77(82)90-69-75(96-79(84)65-60-55-50-45-41-37-33-30-27-26-29-31-35-38-42-47-51-56-61-72(4)5)71-94-98(87,88)92-67-73(80)66-91-97(85,86)93-70-74(68-89-76(81)62-57-52-46-17-14-11-8-3)95-78(83)64-59-54-49-44-40-34-23-21-19-16-13-10-7-2/h72-75,80H,6-71H2,1-5H3,(H,85,86)(H,87,88)/t73-,74+,75+/m0/s1. The summed E-state index contributed by atoms with van der Waals surface area (Å²) in [7, 11) is -9.91. The minimum atomic E-state index is -4.96. The number of aliphatic hydroxyl groups excluding tert-OH is 1. The van der Waals surface area contributed by atoms with Gasteiger partial charge in [-0.15, -0.1) is 0 Å². The molecule has 0 bridgehead atoms. The summed E-state index contributed by atoms with van der Waals surface area (Å²) in [5.41, 5.74) is 0. The number of hydrogen-bond acceptors (Lipinski definition) is 15. The van der Waals surface area contributed by atoms with E-state index < -0.39 is 97.5 Å². The quantitative estimate of drug-likeness (QED) is 0.0222. The van der Waals surface area contributed by atoms with Crippen LogP contribution < -0.4 is 0 Å². The zero-order chi connectivity index (χ0) is 71.9. The van der Waals surface area contributed by atoms with Crippen LogP contribution in [0.25, 0.3) is 0 Å². The Labute approximate surface area is 600 Å². The monoisotopic (exact) mass is 1440 g/mol. The molecule has 0 aliphatic rings. The number of phosphoric ester groups is 2. The van der Waals surface area contributed by atoms with E-state index >= 15 is 0 Å². The predicted molar refractivity (Wildman–Crippen MR) is 400 cm³/mol. The van der Waals surface area contributed by atoms with Crippen LogP contribution in [0.5, 0.6) is 0 Å². The molecule has 0 fully saturated rings. The Kier molecular flexibility index (Phi) is 70.6. The molecule has 0 aliphatic heterocycles. The van der Waals surface area contributed by atoms with Crippen molar-refractivity contribution in [2.75, 3.05) is 39.6 Å². The molecule has 98 heavy (non-hydrogen) atoms. The van der Waals surface area contributed by atoms with Gasteiger partial charge in [0.15, 0.2) is 12.2 Å². The van der Waals surface area contributed by atoms with Gasteiger partial charge in [-0.2, -0.15) is 0 Å². The third-order valence-electron chi connectivity index (χ3n) is 18.5. The van der Waals surface area contributed by atoms with E-state index in [0.717, 1.165) is 109 Å².